The van der Waals surface area contributed by atoms with Gasteiger partial charge in [0.05, 0.1) is 0 Å². The normalized spacial score (nSPS) is 11.8. The second kappa shape index (κ2) is 9.51. The molecule has 1 amide bonds. The summed E-state index contributed by atoms with van der Waals surface area (Å²) in [4.78, 5) is 26.0. The molecule has 0 fully saturated rings. The Morgan fingerprint density at radius 3 is 2.19 bits per heavy atom. The first-order valence-electron chi connectivity index (χ1n) is 10.0. The number of carbonyl (C=O) groups is 2. The van der Waals surface area contributed by atoms with Crippen LogP contribution >= 0.6 is 0 Å². The van der Waals surface area contributed by atoms with Crippen molar-refractivity contribution in [1.29, 1.82) is 0 Å². The second-order valence-electron chi connectivity index (χ2n) is 8.09. The molecule has 2 rings (SSSR count). The average Bonchev–Trinajstić information content (AvgIpc) is 2.69. The van der Waals surface area contributed by atoms with Crippen molar-refractivity contribution >= 4 is 29.0 Å². The Bertz CT molecular complexity index is 1000. The fraction of sp³-hybridized carbons (Fsp3) is 0.348. The van der Waals surface area contributed by atoms with Crippen LogP contribution in [0, 0.1) is 0 Å². The van der Waals surface area contributed by atoms with E-state index < -0.39 is 17.6 Å². The highest BCUT2D eigenvalue weighted by Gasteiger charge is 2.24. The van der Waals surface area contributed by atoms with Crippen LogP contribution in [0.4, 0.5) is 11.4 Å². The number of rotatable bonds is 7. The Kier molecular flexibility index (Phi) is 7.28. The number of nitrogens with one attached hydrogen (secondary N) is 1. The molecule has 0 saturated carbocycles. The molecule has 0 atom stereocenters. The number of aromatic hydroxyl groups is 1. The number of amides is 1. The van der Waals surface area contributed by atoms with Crippen LogP contribution in [-0.4, -0.2) is 46.1 Å². The maximum absolute atomic E-state index is 12.8. The summed E-state index contributed by atoms with van der Waals surface area (Å²) < 4.78 is 0. The van der Waals surface area contributed by atoms with E-state index in [4.69, 9.17) is 5.11 Å². The van der Waals surface area contributed by atoms with Crippen LogP contribution in [0.15, 0.2) is 41.6 Å². The van der Waals surface area contributed by atoms with E-state index in [1.54, 1.807) is 6.07 Å². The summed E-state index contributed by atoms with van der Waals surface area (Å²) in [5, 5.41) is 34.1. The van der Waals surface area contributed by atoms with E-state index in [1.807, 2.05) is 12.1 Å². The third kappa shape index (κ3) is 5.33. The van der Waals surface area contributed by atoms with E-state index >= 15 is 0 Å². The third-order valence-electron chi connectivity index (χ3n) is 4.98. The first-order valence-corrected chi connectivity index (χ1v) is 10.0. The summed E-state index contributed by atoms with van der Waals surface area (Å²) in [5.41, 5.74) is 1.97. The highest BCUT2D eigenvalue weighted by atomic mass is 16.4. The van der Waals surface area contributed by atoms with Crippen molar-refractivity contribution in [1.82, 2.24) is 0 Å². The lowest BCUT2D eigenvalue weighted by molar-refractivity contribution is -0.110. The van der Waals surface area contributed by atoms with Gasteiger partial charge in [0.25, 0.3) is 5.91 Å². The molecule has 0 heterocycles. The number of phenols is 1. The lowest BCUT2D eigenvalue weighted by atomic mass is 9.84. The molecule has 8 nitrogen and oxygen atoms in total. The van der Waals surface area contributed by atoms with Gasteiger partial charge in [0.15, 0.2) is 5.71 Å². The van der Waals surface area contributed by atoms with Gasteiger partial charge >= 0.3 is 5.97 Å². The highest BCUT2D eigenvalue weighted by Crippen LogP contribution is 2.33. The minimum absolute atomic E-state index is 0.171. The maximum atomic E-state index is 12.8. The van der Waals surface area contributed by atoms with Crippen molar-refractivity contribution < 1.29 is 25.0 Å². The molecule has 0 bridgehead atoms. The van der Waals surface area contributed by atoms with Crippen LogP contribution < -0.4 is 10.2 Å². The van der Waals surface area contributed by atoms with Crippen molar-refractivity contribution in [2.45, 2.75) is 40.0 Å². The number of carboxylic acids is 1. The summed E-state index contributed by atoms with van der Waals surface area (Å²) in [6, 6.07) is 9.13. The fourth-order valence-electron chi connectivity index (χ4n) is 3.34. The van der Waals surface area contributed by atoms with Crippen LogP contribution in [-0.2, 0) is 10.2 Å². The summed E-state index contributed by atoms with van der Waals surface area (Å²) >= 11 is 0. The number of anilines is 2. The zero-order valence-electron chi connectivity index (χ0n) is 18.4. The lowest BCUT2D eigenvalue weighted by Gasteiger charge is -2.30. The number of nitrogens with zero attached hydrogens (tertiary/aromatic N) is 2. The van der Waals surface area contributed by atoms with Gasteiger partial charge in [-0.25, -0.2) is 4.79 Å². The predicted molar refractivity (Wildman–Crippen MR) is 121 cm³/mol. The Hall–Kier alpha value is -3.55. The molecule has 31 heavy (non-hydrogen) atoms. The van der Waals surface area contributed by atoms with Gasteiger partial charge in [0, 0.05) is 36.1 Å². The molecular weight excluding hydrogens is 398 g/mol. The van der Waals surface area contributed by atoms with Crippen LogP contribution in [0.3, 0.4) is 0 Å². The quantitative estimate of drug-likeness (QED) is 0.300. The van der Waals surface area contributed by atoms with Crippen LogP contribution in [0.2, 0.25) is 0 Å². The molecule has 0 saturated heterocycles. The number of carboxylic acid groups (broad SMARTS) is 1. The minimum Gasteiger partial charge on any atom is -0.507 e. The van der Waals surface area contributed by atoms with Gasteiger partial charge < -0.3 is 25.6 Å². The summed E-state index contributed by atoms with van der Waals surface area (Å²) in [7, 11) is 0. The van der Waals surface area contributed by atoms with Crippen LogP contribution in [0.25, 0.3) is 0 Å². The van der Waals surface area contributed by atoms with Crippen LogP contribution in [0.1, 0.15) is 56.1 Å². The molecule has 2 aromatic rings. The molecule has 0 aliphatic heterocycles. The molecule has 2 aromatic carbocycles. The molecule has 0 aliphatic rings. The molecule has 0 aromatic heterocycles. The average molecular weight is 428 g/mol. The zero-order valence-corrected chi connectivity index (χ0v) is 18.4. The minimum atomic E-state index is -1.28. The first kappa shape index (κ1) is 23.7. The van der Waals surface area contributed by atoms with Crippen molar-refractivity contribution in [3.05, 3.63) is 53.1 Å². The van der Waals surface area contributed by atoms with Crippen molar-refractivity contribution in [3.8, 4) is 5.75 Å². The van der Waals surface area contributed by atoms with E-state index in [-0.39, 0.29) is 22.4 Å². The summed E-state index contributed by atoms with van der Waals surface area (Å²) in [6.07, 6.45) is 0. The maximum Gasteiger partial charge on any atom is 0.339 e. The van der Waals surface area contributed by atoms with Gasteiger partial charge in [-0.3, -0.25) is 4.79 Å². The Morgan fingerprint density at radius 2 is 1.71 bits per heavy atom. The van der Waals surface area contributed by atoms with Crippen molar-refractivity contribution in [2.24, 2.45) is 5.16 Å². The number of oxime groups is 1. The predicted octanol–water partition coefficient (Wildman–Crippen LogP) is 4.05. The summed E-state index contributed by atoms with van der Waals surface area (Å²) in [6.45, 7) is 12.0. The SMILES string of the molecule is CCN(CC)c1ccc(C(=NO)C(=O)Nc2ccc(C(=O)O)c(O)c2)cc1C(C)(C)C. The zero-order chi connectivity index (χ0) is 23.3. The summed E-state index contributed by atoms with van der Waals surface area (Å²) in [5.74, 6) is -2.46. The smallest absolute Gasteiger partial charge is 0.339 e. The Morgan fingerprint density at radius 1 is 1.06 bits per heavy atom. The third-order valence-corrected chi connectivity index (χ3v) is 4.98. The Labute approximate surface area is 181 Å². The fourth-order valence-corrected chi connectivity index (χ4v) is 3.34. The van der Waals surface area contributed by atoms with E-state index in [2.05, 4.69) is 50.0 Å². The number of carbonyl (C=O) groups excluding carboxylic acids is 1. The van der Waals surface area contributed by atoms with E-state index in [0.717, 1.165) is 30.4 Å². The van der Waals surface area contributed by atoms with Gasteiger partial charge in [0.2, 0.25) is 0 Å². The van der Waals surface area contributed by atoms with Gasteiger partial charge in [-0.1, -0.05) is 32.0 Å². The van der Waals surface area contributed by atoms with E-state index in [9.17, 15) is 19.9 Å². The molecular formula is C23H29N3O5. The van der Waals surface area contributed by atoms with Crippen molar-refractivity contribution in [3.63, 3.8) is 0 Å². The van der Waals surface area contributed by atoms with Gasteiger partial charge in [-0.2, -0.15) is 0 Å². The molecule has 8 heteroatoms. The van der Waals surface area contributed by atoms with Gasteiger partial charge in [-0.05, 0) is 49.1 Å². The van der Waals surface area contributed by atoms with Gasteiger partial charge in [-0.15, -0.1) is 0 Å². The lowest BCUT2D eigenvalue weighted by Crippen LogP contribution is -2.28. The highest BCUT2D eigenvalue weighted by molar-refractivity contribution is 6.48. The number of benzene rings is 2. The molecule has 0 radical (unpaired) electrons. The van der Waals surface area contributed by atoms with Crippen molar-refractivity contribution in [2.75, 3.05) is 23.3 Å². The topological polar surface area (TPSA) is 122 Å². The standard InChI is InChI=1S/C23H29N3O5/c1-6-26(7-2)18-11-8-14(12-17(18)23(3,4)5)20(25-31)21(28)24-15-9-10-16(22(29)30)19(27)13-15/h8-13,27,31H,6-7H2,1-5H3,(H,24,28)(H,29,30). The number of hydrogen-bond donors (Lipinski definition) is 4. The monoisotopic (exact) mass is 427 g/mol. The largest absolute Gasteiger partial charge is 0.507 e. The van der Waals surface area contributed by atoms with Gasteiger partial charge in [0.1, 0.15) is 11.3 Å². The first-order chi connectivity index (χ1) is 14.5. The molecule has 0 aliphatic carbocycles. The Balaban J connectivity index is 2.40. The molecule has 166 valence electrons. The van der Waals surface area contributed by atoms with Crippen LogP contribution in [0.5, 0.6) is 5.75 Å². The molecule has 0 unspecified atom stereocenters. The molecule has 4 N–H and O–H groups in total. The van der Waals surface area contributed by atoms with E-state index in [0.29, 0.717) is 5.56 Å². The number of aromatic carboxylic acids is 1. The van der Waals surface area contributed by atoms with E-state index in [1.165, 1.54) is 12.1 Å². The number of hydrogen-bond acceptors (Lipinski definition) is 6. The second-order valence-corrected chi connectivity index (χ2v) is 8.09. The molecule has 0 spiro atoms.